The molecule has 1 aromatic rings. The van der Waals surface area contributed by atoms with Crippen molar-refractivity contribution in [3.63, 3.8) is 0 Å². The highest BCUT2D eigenvalue weighted by molar-refractivity contribution is 5.20. The normalized spacial score (nSPS) is 12.9. The second kappa shape index (κ2) is 8.36. The van der Waals surface area contributed by atoms with E-state index >= 15 is 0 Å². The molecule has 0 fully saturated rings. The van der Waals surface area contributed by atoms with E-state index in [4.69, 9.17) is 4.42 Å². The topological polar surface area (TPSA) is 25.2 Å². The van der Waals surface area contributed by atoms with E-state index in [2.05, 4.69) is 32.2 Å². The van der Waals surface area contributed by atoms with Crippen LogP contribution < -0.4 is 5.32 Å². The molecule has 0 saturated heterocycles. The highest BCUT2D eigenvalue weighted by atomic mass is 16.3. The van der Waals surface area contributed by atoms with Gasteiger partial charge in [-0.3, -0.25) is 0 Å². The number of unbranched alkanes of at least 4 members (excludes halogenated alkanes) is 3. The smallest absolute Gasteiger partial charge is 0.121 e. The Balaban J connectivity index is 2.54. The van der Waals surface area contributed by atoms with E-state index in [-0.39, 0.29) is 0 Å². The lowest BCUT2D eigenvalue weighted by molar-refractivity contribution is 0.375. The zero-order valence-electron chi connectivity index (χ0n) is 12.5. The highest BCUT2D eigenvalue weighted by Crippen LogP contribution is 2.24. The monoisotopic (exact) mass is 251 g/mol. The molecule has 0 aliphatic heterocycles. The number of nitrogens with one attached hydrogen (secondary N) is 1. The lowest BCUT2D eigenvalue weighted by Crippen LogP contribution is -2.21. The molecule has 0 spiro atoms. The van der Waals surface area contributed by atoms with Crippen LogP contribution in [0.5, 0.6) is 0 Å². The Bertz CT molecular complexity index is 310. The lowest BCUT2D eigenvalue weighted by Gasteiger charge is -2.16. The van der Waals surface area contributed by atoms with Crippen molar-refractivity contribution in [2.24, 2.45) is 0 Å². The molecule has 104 valence electrons. The van der Waals surface area contributed by atoms with Gasteiger partial charge in [-0.05, 0) is 44.9 Å². The second-order valence-corrected chi connectivity index (χ2v) is 5.24. The van der Waals surface area contributed by atoms with Gasteiger partial charge in [-0.1, -0.05) is 39.5 Å². The van der Waals surface area contributed by atoms with Crippen LogP contribution in [0.4, 0.5) is 0 Å². The molecule has 0 aromatic carbocycles. The molecule has 1 N–H and O–H groups in total. The van der Waals surface area contributed by atoms with Crippen molar-refractivity contribution in [1.29, 1.82) is 0 Å². The van der Waals surface area contributed by atoms with E-state index in [0.717, 1.165) is 18.1 Å². The van der Waals surface area contributed by atoms with Crippen molar-refractivity contribution in [2.75, 3.05) is 6.54 Å². The van der Waals surface area contributed by atoms with E-state index in [0.29, 0.717) is 6.04 Å². The van der Waals surface area contributed by atoms with Crippen LogP contribution in [0.2, 0.25) is 0 Å². The molecular weight excluding hydrogens is 222 g/mol. The molecule has 0 amide bonds. The average molecular weight is 251 g/mol. The fourth-order valence-electron chi connectivity index (χ4n) is 2.21. The minimum Gasteiger partial charge on any atom is -0.464 e. The molecule has 1 rings (SSSR count). The summed E-state index contributed by atoms with van der Waals surface area (Å²) < 4.78 is 5.87. The van der Waals surface area contributed by atoms with Gasteiger partial charge in [-0.2, -0.15) is 0 Å². The largest absolute Gasteiger partial charge is 0.464 e. The summed E-state index contributed by atoms with van der Waals surface area (Å²) in [6.07, 6.45) is 7.62. The summed E-state index contributed by atoms with van der Waals surface area (Å²) in [5.41, 5.74) is 1.27. The number of hydrogen-bond acceptors (Lipinski definition) is 2. The first kappa shape index (κ1) is 15.3. The molecule has 2 heteroatoms. The Kier molecular flexibility index (Phi) is 7.11. The third-order valence-electron chi connectivity index (χ3n) is 3.52. The van der Waals surface area contributed by atoms with Crippen molar-refractivity contribution < 1.29 is 4.42 Å². The average Bonchev–Trinajstić information content (AvgIpc) is 2.68. The van der Waals surface area contributed by atoms with Crippen LogP contribution >= 0.6 is 0 Å². The summed E-state index contributed by atoms with van der Waals surface area (Å²) in [5.74, 6) is 2.18. The number of rotatable bonds is 9. The minimum absolute atomic E-state index is 0.397. The Hall–Kier alpha value is -0.760. The molecule has 0 aliphatic rings. The first-order valence-corrected chi connectivity index (χ1v) is 7.49. The molecule has 0 bridgehead atoms. The number of aryl methyl sites for hydroxylation is 2. The Morgan fingerprint density at radius 1 is 1.11 bits per heavy atom. The first-order valence-electron chi connectivity index (χ1n) is 7.49. The summed E-state index contributed by atoms with van der Waals surface area (Å²) >= 11 is 0. The van der Waals surface area contributed by atoms with E-state index in [1.54, 1.807) is 0 Å². The van der Waals surface area contributed by atoms with Crippen LogP contribution in [0.3, 0.4) is 0 Å². The lowest BCUT2D eigenvalue weighted by atomic mass is 10.0. The van der Waals surface area contributed by atoms with Gasteiger partial charge in [0.2, 0.25) is 0 Å². The molecule has 0 radical (unpaired) electrons. The van der Waals surface area contributed by atoms with Gasteiger partial charge in [0.1, 0.15) is 11.5 Å². The van der Waals surface area contributed by atoms with E-state index < -0.39 is 0 Å². The van der Waals surface area contributed by atoms with Crippen molar-refractivity contribution in [1.82, 2.24) is 5.32 Å². The quantitative estimate of drug-likeness (QED) is 0.631. The molecule has 18 heavy (non-hydrogen) atoms. The van der Waals surface area contributed by atoms with Crippen LogP contribution in [-0.4, -0.2) is 6.54 Å². The molecule has 2 nitrogen and oxygen atoms in total. The van der Waals surface area contributed by atoms with Crippen molar-refractivity contribution in [2.45, 2.75) is 72.3 Å². The Labute approximate surface area is 112 Å². The summed E-state index contributed by atoms with van der Waals surface area (Å²) in [5, 5.41) is 3.61. The van der Waals surface area contributed by atoms with Crippen molar-refractivity contribution in [3.8, 4) is 0 Å². The summed E-state index contributed by atoms with van der Waals surface area (Å²) in [6, 6.07) is 2.59. The zero-order chi connectivity index (χ0) is 13.4. The fourth-order valence-corrected chi connectivity index (χ4v) is 2.21. The predicted molar refractivity (Wildman–Crippen MR) is 78.0 cm³/mol. The van der Waals surface area contributed by atoms with Crippen LogP contribution in [0, 0.1) is 13.8 Å². The molecule has 1 atom stereocenters. The third-order valence-corrected chi connectivity index (χ3v) is 3.52. The van der Waals surface area contributed by atoms with Crippen molar-refractivity contribution >= 4 is 0 Å². The van der Waals surface area contributed by atoms with Crippen LogP contribution in [-0.2, 0) is 0 Å². The third kappa shape index (κ3) is 4.85. The molecular formula is C16H29NO. The van der Waals surface area contributed by atoms with Gasteiger partial charge in [0, 0.05) is 0 Å². The first-order chi connectivity index (χ1) is 8.69. The maximum atomic E-state index is 5.87. The molecule has 0 aliphatic carbocycles. The van der Waals surface area contributed by atoms with Gasteiger partial charge in [0.15, 0.2) is 0 Å². The van der Waals surface area contributed by atoms with Gasteiger partial charge in [0.25, 0.3) is 0 Å². The maximum absolute atomic E-state index is 5.87. The van der Waals surface area contributed by atoms with Gasteiger partial charge < -0.3 is 9.73 Å². The van der Waals surface area contributed by atoms with Gasteiger partial charge >= 0.3 is 0 Å². The Morgan fingerprint density at radius 2 is 1.89 bits per heavy atom. The highest BCUT2D eigenvalue weighted by Gasteiger charge is 2.15. The fraction of sp³-hybridized carbons (Fsp3) is 0.750. The maximum Gasteiger partial charge on any atom is 0.121 e. The van der Waals surface area contributed by atoms with Crippen LogP contribution in [0.25, 0.3) is 0 Å². The number of hydrogen-bond donors (Lipinski definition) is 1. The van der Waals surface area contributed by atoms with Crippen LogP contribution in [0.1, 0.15) is 75.5 Å². The summed E-state index contributed by atoms with van der Waals surface area (Å²) in [6.45, 7) is 9.70. The van der Waals surface area contributed by atoms with E-state index in [9.17, 15) is 0 Å². The van der Waals surface area contributed by atoms with E-state index in [1.807, 2.05) is 6.92 Å². The minimum atomic E-state index is 0.397. The van der Waals surface area contributed by atoms with Gasteiger partial charge in [-0.25, -0.2) is 0 Å². The van der Waals surface area contributed by atoms with Crippen LogP contribution in [0.15, 0.2) is 10.5 Å². The second-order valence-electron chi connectivity index (χ2n) is 5.24. The molecule has 1 aromatic heterocycles. The number of furan rings is 1. The summed E-state index contributed by atoms with van der Waals surface area (Å²) in [4.78, 5) is 0. The zero-order valence-corrected chi connectivity index (χ0v) is 12.5. The SMILES string of the molecule is CCCCCCC(NCCC)c1cc(C)c(C)o1. The molecule has 1 heterocycles. The Morgan fingerprint density at radius 3 is 2.44 bits per heavy atom. The summed E-state index contributed by atoms with van der Waals surface area (Å²) in [7, 11) is 0. The molecule has 1 unspecified atom stereocenters. The molecule has 0 saturated carbocycles. The predicted octanol–water partition coefficient (Wildman–Crippen LogP) is 4.91. The van der Waals surface area contributed by atoms with Gasteiger partial charge in [0.05, 0.1) is 6.04 Å². The van der Waals surface area contributed by atoms with E-state index in [1.165, 1.54) is 44.1 Å². The standard InChI is InChI=1S/C16H29NO/c1-5-7-8-9-10-15(17-11-6-2)16-12-13(3)14(4)18-16/h12,15,17H,5-11H2,1-4H3. The van der Waals surface area contributed by atoms with Gasteiger partial charge in [-0.15, -0.1) is 0 Å². The van der Waals surface area contributed by atoms with Crippen molar-refractivity contribution in [3.05, 3.63) is 23.2 Å².